The highest BCUT2D eigenvalue weighted by Gasteiger charge is 2.28. The molecule has 1 aromatic rings. The molecule has 1 unspecified atom stereocenters. The van der Waals surface area contributed by atoms with Crippen LogP contribution in [0.3, 0.4) is 0 Å². The molecule has 1 fully saturated rings. The van der Waals surface area contributed by atoms with Crippen LogP contribution < -0.4 is 16.0 Å². The van der Waals surface area contributed by atoms with E-state index in [0.29, 0.717) is 25.5 Å². The molecule has 0 radical (unpaired) electrons. The number of carbonyl (C=O) groups excluding carboxylic acids is 1. The van der Waals surface area contributed by atoms with Gasteiger partial charge in [-0.15, -0.1) is 0 Å². The van der Waals surface area contributed by atoms with E-state index in [4.69, 9.17) is 4.52 Å². The van der Waals surface area contributed by atoms with Crippen molar-refractivity contribution in [3.63, 3.8) is 0 Å². The van der Waals surface area contributed by atoms with E-state index in [1.54, 1.807) is 7.05 Å². The second-order valence-electron chi connectivity index (χ2n) is 6.51. The van der Waals surface area contributed by atoms with Crippen molar-refractivity contribution in [1.82, 2.24) is 21.1 Å². The Morgan fingerprint density at radius 1 is 1.30 bits per heavy atom. The van der Waals surface area contributed by atoms with Crippen molar-refractivity contribution in [2.24, 2.45) is 4.99 Å². The van der Waals surface area contributed by atoms with Gasteiger partial charge in [0.2, 0.25) is 5.91 Å². The number of aliphatic imine (C=N–C) groups is 1. The van der Waals surface area contributed by atoms with Crippen molar-refractivity contribution in [2.45, 2.75) is 52.1 Å². The number of carbonyl (C=O) groups is 1. The summed E-state index contributed by atoms with van der Waals surface area (Å²) in [6.45, 7) is 4.99. The molecule has 0 aromatic carbocycles. The third-order valence-corrected chi connectivity index (χ3v) is 6.27. The lowest BCUT2D eigenvalue weighted by molar-refractivity contribution is -0.121. The zero-order chi connectivity index (χ0) is 19.9. The molecule has 1 amide bonds. The fourth-order valence-electron chi connectivity index (χ4n) is 3.03. The van der Waals surface area contributed by atoms with Crippen LogP contribution in [0.25, 0.3) is 0 Å². The van der Waals surface area contributed by atoms with Gasteiger partial charge in [0, 0.05) is 44.6 Å². The van der Waals surface area contributed by atoms with Crippen LogP contribution in [0.4, 0.5) is 0 Å². The van der Waals surface area contributed by atoms with Crippen molar-refractivity contribution < 1.29 is 17.7 Å². The Bertz CT molecular complexity index is 751. The molecule has 3 N–H and O–H groups in total. The van der Waals surface area contributed by atoms with E-state index >= 15 is 0 Å². The summed E-state index contributed by atoms with van der Waals surface area (Å²) in [6, 6.07) is -0.270. The van der Waals surface area contributed by atoms with Crippen molar-refractivity contribution in [1.29, 1.82) is 0 Å². The SMILES string of the molecule is CCc1noc(CC)c1CNC(=NC)NCCC(=O)NC1CCS(=O)(=O)C1. The molecule has 2 rings (SSSR count). The predicted octanol–water partition coefficient (Wildman–Crippen LogP) is 0.158. The summed E-state index contributed by atoms with van der Waals surface area (Å²) < 4.78 is 28.2. The van der Waals surface area contributed by atoms with Crippen LogP contribution in [0.1, 0.15) is 43.7 Å². The van der Waals surface area contributed by atoms with Crippen molar-refractivity contribution in [3.8, 4) is 0 Å². The zero-order valence-electron chi connectivity index (χ0n) is 16.2. The fourth-order valence-corrected chi connectivity index (χ4v) is 4.71. The van der Waals surface area contributed by atoms with Gasteiger partial charge in [-0.1, -0.05) is 19.0 Å². The standard InChI is InChI=1S/C17H29N5O4S/c1-4-14-13(15(5-2)26-22-14)10-20-17(18-3)19-8-6-16(23)21-12-7-9-27(24,25)11-12/h12H,4-11H2,1-3H3,(H,21,23)(H2,18,19,20). The number of aromatic nitrogens is 1. The minimum Gasteiger partial charge on any atom is -0.361 e. The van der Waals surface area contributed by atoms with Gasteiger partial charge in [-0.2, -0.15) is 0 Å². The van der Waals surface area contributed by atoms with Crippen LogP contribution in [0.2, 0.25) is 0 Å². The lowest BCUT2D eigenvalue weighted by Crippen LogP contribution is -2.41. The first-order valence-corrected chi connectivity index (χ1v) is 11.1. The Balaban J connectivity index is 1.74. The third kappa shape index (κ3) is 6.23. The van der Waals surface area contributed by atoms with E-state index in [1.165, 1.54) is 0 Å². The first-order chi connectivity index (χ1) is 12.9. The molecule has 10 heteroatoms. The summed E-state index contributed by atoms with van der Waals surface area (Å²) in [7, 11) is -1.33. The fraction of sp³-hybridized carbons (Fsp3) is 0.706. The van der Waals surface area contributed by atoms with Crippen LogP contribution in [0, 0.1) is 0 Å². The van der Waals surface area contributed by atoms with E-state index in [9.17, 15) is 13.2 Å². The molecule has 2 heterocycles. The van der Waals surface area contributed by atoms with E-state index in [2.05, 4.69) is 26.1 Å². The molecule has 0 bridgehead atoms. The minimum absolute atomic E-state index is 0.0354. The van der Waals surface area contributed by atoms with Crippen molar-refractivity contribution in [3.05, 3.63) is 17.0 Å². The molecule has 152 valence electrons. The van der Waals surface area contributed by atoms with Gasteiger partial charge in [-0.05, 0) is 12.8 Å². The summed E-state index contributed by atoms with van der Waals surface area (Å²) in [6.07, 6.45) is 2.30. The molecule has 1 atom stereocenters. The first kappa shape index (κ1) is 21.2. The van der Waals surface area contributed by atoms with Gasteiger partial charge in [0.1, 0.15) is 5.76 Å². The van der Waals surface area contributed by atoms with E-state index < -0.39 is 9.84 Å². The van der Waals surface area contributed by atoms with Gasteiger partial charge >= 0.3 is 0 Å². The summed E-state index contributed by atoms with van der Waals surface area (Å²) in [5.41, 5.74) is 1.98. The third-order valence-electron chi connectivity index (χ3n) is 4.51. The monoisotopic (exact) mass is 399 g/mol. The van der Waals surface area contributed by atoms with E-state index in [0.717, 1.165) is 29.9 Å². The Hall–Kier alpha value is -2.10. The van der Waals surface area contributed by atoms with Crippen molar-refractivity contribution >= 4 is 21.7 Å². The predicted molar refractivity (Wildman–Crippen MR) is 103 cm³/mol. The molecule has 1 aliphatic heterocycles. The highest BCUT2D eigenvalue weighted by atomic mass is 32.2. The van der Waals surface area contributed by atoms with Crippen molar-refractivity contribution in [2.75, 3.05) is 25.1 Å². The highest BCUT2D eigenvalue weighted by molar-refractivity contribution is 7.91. The largest absolute Gasteiger partial charge is 0.361 e. The molecule has 9 nitrogen and oxygen atoms in total. The van der Waals surface area contributed by atoms with Gasteiger partial charge in [-0.3, -0.25) is 9.79 Å². The molecular weight excluding hydrogens is 370 g/mol. The number of rotatable bonds is 8. The summed E-state index contributed by atoms with van der Waals surface area (Å²) in [5, 5.41) is 13.1. The Morgan fingerprint density at radius 2 is 2.07 bits per heavy atom. The lowest BCUT2D eigenvalue weighted by atomic mass is 10.1. The van der Waals surface area contributed by atoms with Gasteiger partial charge in [0.05, 0.1) is 17.2 Å². The second-order valence-corrected chi connectivity index (χ2v) is 8.74. The molecule has 1 saturated heterocycles. The maximum Gasteiger partial charge on any atom is 0.222 e. The number of nitrogens with one attached hydrogen (secondary N) is 3. The zero-order valence-corrected chi connectivity index (χ0v) is 17.0. The molecule has 27 heavy (non-hydrogen) atoms. The number of guanidine groups is 1. The average Bonchev–Trinajstić information content (AvgIpc) is 3.19. The average molecular weight is 400 g/mol. The topological polar surface area (TPSA) is 126 Å². The van der Waals surface area contributed by atoms with Crippen LogP contribution in [0.5, 0.6) is 0 Å². The normalized spacial score (nSPS) is 19.1. The summed E-state index contributed by atoms with van der Waals surface area (Å²) in [4.78, 5) is 16.1. The lowest BCUT2D eigenvalue weighted by Gasteiger charge is -2.13. The van der Waals surface area contributed by atoms with Gasteiger partial charge < -0.3 is 20.5 Å². The maximum absolute atomic E-state index is 12.0. The van der Waals surface area contributed by atoms with Crippen LogP contribution in [-0.2, 0) is 34.0 Å². The minimum atomic E-state index is -2.99. The van der Waals surface area contributed by atoms with Crippen LogP contribution in [0.15, 0.2) is 9.52 Å². The first-order valence-electron chi connectivity index (χ1n) is 9.29. The van der Waals surface area contributed by atoms with Gasteiger partial charge in [-0.25, -0.2) is 8.42 Å². The summed E-state index contributed by atoms with van der Waals surface area (Å²) in [5.74, 6) is 1.46. The van der Waals surface area contributed by atoms with E-state index in [1.807, 2.05) is 13.8 Å². The smallest absolute Gasteiger partial charge is 0.222 e. The number of sulfone groups is 1. The molecule has 0 saturated carbocycles. The quantitative estimate of drug-likeness (QED) is 0.420. The Morgan fingerprint density at radius 3 is 2.67 bits per heavy atom. The molecule has 0 spiro atoms. The number of aryl methyl sites for hydroxylation is 2. The maximum atomic E-state index is 12.0. The van der Waals surface area contributed by atoms with Crippen LogP contribution in [-0.4, -0.2) is 56.6 Å². The Labute approximate surface area is 160 Å². The molecule has 1 aliphatic rings. The summed E-state index contributed by atoms with van der Waals surface area (Å²) >= 11 is 0. The second kappa shape index (κ2) is 9.72. The molecule has 1 aromatic heterocycles. The number of amides is 1. The van der Waals surface area contributed by atoms with Gasteiger partial charge in [0.25, 0.3) is 0 Å². The number of hydrogen-bond donors (Lipinski definition) is 3. The highest BCUT2D eigenvalue weighted by Crippen LogP contribution is 2.15. The van der Waals surface area contributed by atoms with E-state index in [-0.39, 0.29) is 29.9 Å². The van der Waals surface area contributed by atoms with Gasteiger partial charge in [0.15, 0.2) is 15.8 Å². The molecule has 0 aliphatic carbocycles. The number of nitrogens with zero attached hydrogens (tertiary/aromatic N) is 2. The molecular formula is C17H29N5O4S. The van der Waals surface area contributed by atoms with Crippen LogP contribution >= 0.6 is 0 Å². The Kier molecular flexibility index (Phi) is 7.64. The number of hydrogen-bond acceptors (Lipinski definition) is 6.